The second kappa shape index (κ2) is 6.92. The Labute approximate surface area is 158 Å². The van der Waals surface area contributed by atoms with Crippen LogP contribution in [0.2, 0.25) is 0 Å². The smallest absolute Gasteiger partial charge is 0.417 e. The summed E-state index contributed by atoms with van der Waals surface area (Å²) in [5, 5.41) is 8.68. The molecule has 0 unspecified atom stereocenters. The van der Waals surface area contributed by atoms with Crippen LogP contribution in [-0.2, 0) is 16.4 Å². The van der Waals surface area contributed by atoms with E-state index in [9.17, 15) is 18.0 Å². The summed E-state index contributed by atoms with van der Waals surface area (Å²) in [4.78, 5) is 16.3. The summed E-state index contributed by atoms with van der Waals surface area (Å²) >= 11 is 1.63. The molecule has 1 saturated heterocycles. The maximum Gasteiger partial charge on any atom is 0.470 e. The normalized spacial score (nSPS) is 20.9. The Kier molecular flexibility index (Phi) is 4.73. The lowest BCUT2D eigenvalue weighted by molar-refractivity contribution is -0.157. The molecule has 0 spiro atoms. The lowest BCUT2D eigenvalue weighted by Crippen LogP contribution is -2.48. The van der Waals surface area contributed by atoms with Crippen LogP contribution in [0.5, 0.6) is 0 Å². The van der Waals surface area contributed by atoms with E-state index in [0.29, 0.717) is 25.9 Å². The highest BCUT2D eigenvalue weighted by molar-refractivity contribution is 7.10. The minimum absolute atomic E-state index is 0.0169. The third-order valence-corrected chi connectivity index (χ3v) is 6.75. The number of carbonyl (C=O) groups is 1. The monoisotopic (exact) mass is 399 g/mol. The fourth-order valence-electron chi connectivity index (χ4n) is 4.24. The van der Waals surface area contributed by atoms with Gasteiger partial charge in [0.15, 0.2) is 0 Å². The van der Waals surface area contributed by atoms with Crippen molar-refractivity contribution in [1.29, 1.82) is 0 Å². The first-order valence-electron chi connectivity index (χ1n) is 9.14. The molecule has 1 saturated carbocycles. The first-order valence-corrected chi connectivity index (χ1v) is 10.0. The van der Waals surface area contributed by atoms with Crippen molar-refractivity contribution in [3.05, 3.63) is 34.2 Å². The number of nitrogens with zero attached hydrogens (tertiary/aromatic N) is 3. The topological polar surface area (TPSA) is 59.2 Å². The summed E-state index contributed by atoms with van der Waals surface area (Å²) in [6, 6.07) is 4.02. The molecule has 0 atom stereocenters. The standard InChI is InChI=1S/C18H20F3N3O2S/c19-18(20,21)15-23-22-14(26-15)12-5-9-24(10-6-12)16(25)17(7-1-2-8-17)13-4-3-11-27-13/h3-4,11-12H,1-2,5-10H2. The van der Waals surface area contributed by atoms with E-state index in [2.05, 4.69) is 10.2 Å². The van der Waals surface area contributed by atoms with Gasteiger partial charge in [-0.05, 0) is 37.1 Å². The summed E-state index contributed by atoms with van der Waals surface area (Å²) in [6.07, 6.45) is 0.259. The predicted octanol–water partition coefficient (Wildman–Crippen LogP) is 4.37. The number of alkyl halides is 3. The van der Waals surface area contributed by atoms with Crippen molar-refractivity contribution in [3.63, 3.8) is 0 Å². The fraction of sp³-hybridized carbons (Fsp3) is 0.611. The molecule has 4 rings (SSSR count). The van der Waals surface area contributed by atoms with Gasteiger partial charge in [0.2, 0.25) is 11.8 Å². The van der Waals surface area contributed by atoms with Gasteiger partial charge in [-0.25, -0.2) is 0 Å². The van der Waals surface area contributed by atoms with Crippen LogP contribution in [0.3, 0.4) is 0 Å². The Balaban J connectivity index is 1.44. The quantitative estimate of drug-likeness (QED) is 0.769. The van der Waals surface area contributed by atoms with Crippen LogP contribution in [0.4, 0.5) is 13.2 Å². The van der Waals surface area contributed by atoms with Gasteiger partial charge in [0.1, 0.15) is 0 Å². The molecule has 1 aliphatic carbocycles. The van der Waals surface area contributed by atoms with Gasteiger partial charge >= 0.3 is 12.1 Å². The Morgan fingerprint density at radius 1 is 1.22 bits per heavy atom. The SMILES string of the molecule is O=C(N1CCC(c2nnc(C(F)(F)F)o2)CC1)C1(c2cccs2)CCCC1. The molecular formula is C18H20F3N3O2S. The predicted molar refractivity (Wildman–Crippen MR) is 92.3 cm³/mol. The number of rotatable bonds is 3. The van der Waals surface area contributed by atoms with Crippen molar-refractivity contribution in [2.45, 2.75) is 56.0 Å². The zero-order valence-corrected chi connectivity index (χ0v) is 15.5. The van der Waals surface area contributed by atoms with E-state index < -0.39 is 17.5 Å². The van der Waals surface area contributed by atoms with Gasteiger partial charge in [-0.1, -0.05) is 18.9 Å². The van der Waals surface area contributed by atoms with E-state index in [4.69, 9.17) is 4.42 Å². The molecule has 27 heavy (non-hydrogen) atoms. The van der Waals surface area contributed by atoms with Gasteiger partial charge in [0.05, 0.1) is 5.41 Å². The molecule has 2 fully saturated rings. The molecule has 2 aromatic rings. The molecule has 146 valence electrons. The van der Waals surface area contributed by atoms with E-state index in [-0.39, 0.29) is 17.7 Å². The minimum Gasteiger partial charge on any atom is -0.417 e. The average molecular weight is 399 g/mol. The van der Waals surface area contributed by atoms with Crippen LogP contribution in [-0.4, -0.2) is 34.1 Å². The number of likely N-dealkylation sites (tertiary alicyclic amines) is 1. The summed E-state index contributed by atoms with van der Waals surface area (Å²) in [5.74, 6) is -1.37. The minimum atomic E-state index is -4.63. The zero-order valence-electron chi connectivity index (χ0n) is 14.7. The second-order valence-electron chi connectivity index (χ2n) is 7.28. The lowest BCUT2D eigenvalue weighted by atomic mass is 9.82. The van der Waals surface area contributed by atoms with Crippen molar-refractivity contribution < 1.29 is 22.4 Å². The van der Waals surface area contributed by atoms with E-state index in [0.717, 1.165) is 30.6 Å². The van der Waals surface area contributed by atoms with E-state index >= 15 is 0 Å². The van der Waals surface area contributed by atoms with E-state index in [1.54, 1.807) is 11.3 Å². The first kappa shape index (κ1) is 18.5. The van der Waals surface area contributed by atoms with Crippen LogP contribution < -0.4 is 0 Å². The van der Waals surface area contributed by atoms with Crippen molar-refractivity contribution in [1.82, 2.24) is 15.1 Å². The van der Waals surface area contributed by atoms with Crippen molar-refractivity contribution in [2.75, 3.05) is 13.1 Å². The van der Waals surface area contributed by atoms with Gasteiger partial charge in [0.25, 0.3) is 0 Å². The van der Waals surface area contributed by atoms with E-state index in [1.807, 2.05) is 22.4 Å². The van der Waals surface area contributed by atoms with Gasteiger partial charge in [-0.3, -0.25) is 4.79 Å². The molecule has 1 amide bonds. The van der Waals surface area contributed by atoms with Gasteiger partial charge < -0.3 is 9.32 Å². The van der Waals surface area contributed by atoms with Gasteiger partial charge in [0, 0.05) is 23.9 Å². The third kappa shape index (κ3) is 3.37. The molecule has 2 aliphatic rings. The molecular weight excluding hydrogens is 379 g/mol. The van der Waals surface area contributed by atoms with Gasteiger partial charge in [-0.2, -0.15) is 13.2 Å². The summed E-state index contributed by atoms with van der Waals surface area (Å²) in [5.41, 5.74) is -0.422. The fourth-order valence-corrected chi connectivity index (χ4v) is 5.22. The third-order valence-electron chi connectivity index (χ3n) is 5.67. The number of aromatic nitrogens is 2. The van der Waals surface area contributed by atoms with Gasteiger partial charge in [-0.15, -0.1) is 21.5 Å². The lowest BCUT2D eigenvalue weighted by Gasteiger charge is -2.37. The molecule has 2 aromatic heterocycles. The van der Waals surface area contributed by atoms with E-state index in [1.165, 1.54) is 0 Å². The summed E-state index contributed by atoms with van der Waals surface area (Å²) in [6.45, 7) is 1.00. The highest BCUT2D eigenvalue weighted by Gasteiger charge is 2.46. The maximum atomic E-state index is 13.3. The van der Waals surface area contributed by atoms with Crippen LogP contribution in [0.25, 0.3) is 0 Å². The molecule has 0 N–H and O–H groups in total. The average Bonchev–Trinajstić information content (AvgIpc) is 3.42. The molecule has 1 aliphatic heterocycles. The molecule has 9 heteroatoms. The summed E-state index contributed by atoms with van der Waals surface area (Å²) < 4.78 is 42.7. The number of thiophene rings is 1. The largest absolute Gasteiger partial charge is 0.470 e. The Hall–Kier alpha value is -1.90. The van der Waals surface area contributed by atoms with Crippen LogP contribution in [0.1, 0.15) is 61.1 Å². The molecule has 5 nitrogen and oxygen atoms in total. The van der Waals surface area contributed by atoms with Crippen LogP contribution >= 0.6 is 11.3 Å². The van der Waals surface area contributed by atoms with Crippen LogP contribution in [0, 0.1) is 0 Å². The Morgan fingerprint density at radius 2 is 1.93 bits per heavy atom. The molecule has 0 radical (unpaired) electrons. The van der Waals surface area contributed by atoms with Crippen molar-refractivity contribution >= 4 is 17.2 Å². The number of amides is 1. The van der Waals surface area contributed by atoms with Crippen molar-refractivity contribution in [2.24, 2.45) is 0 Å². The second-order valence-corrected chi connectivity index (χ2v) is 8.22. The Bertz CT molecular complexity index is 789. The number of piperidine rings is 1. The zero-order chi connectivity index (χ0) is 19.1. The number of carbonyl (C=O) groups excluding carboxylic acids is 1. The Morgan fingerprint density at radius 3 is 2.48 bits per heavy atom. The number of hydrogen-bond acceptors (Lipinski definition) is 5. The maximum absolute atomic E-state index is 13.3. The van der Waals surface area contributed by atoms with Crippen LogP contribution in [0.15, 0.2) is 21.9 Å². The van der Waals surface area contributed by atoms with Crippen molar-refractivity contribution in [3.8, 4) is 0 Å². The first-order chi connectivity index (χ1) is 12.9. The highest BCUT2D eigenvalue weighted by Crippen LogP contribution is 2.45. The molecule has 0 bridgehead atoms. The molecule has 3 heterocycles. The highest BCUT2D eigenvalue weighted by atomic mass is 32.1. The molecule has 0 aromatic carbocycles. The number of halogens is 3. The summed E-state index contributed by atoms with van der Waals surface area (Å²) in [7, 11) is 0. The number of hydrogen-bond donors (Lipinski definition) is 0.